The van der Waals surface area contributed by atoms with E-state index in [1.165, 1.54) is 24.3 Å². The second-order valence-electron chi connectivity index (χ2n) is 5.85. The number of carbonyl (C=O) groups is 1. The minimum atomic E-state index is -0.416. The topological polar surface area (TPSA) is 97.3 Å². The summed E-state index contributed by atoms with van der Waals surface area (Å²) in [7, 11) is 0. The molecule has 2 amide bonds. The summed E-state index contributed by atoms with van der Waals surface area (Å²) < 4.78 is 14.5. The van der Waals surface area contributed by atoms with Crippen LogP contribution >= 0.6 is 0 Å². The molecular formula is C19H15FN6O. The smallest absolute Gasteiger partial charge is 0.323 e. The highest BCUT2D eigenvalue weighted by Crippen LogP contribution is 2.28. The Balaban J connectivity index is 1.51. The van der Waals surface area contributed by atoms with E-state index in [4.69, 9.17) is 5.73 Å². The van der Waals surface area contributed by atoms with Crippen LogP contribution in [0.3, 0.4) is 0 Å². The molecule has 0 fully saturated rings. The molecule has 7 nitrogen and oxygen atoms in total. The molecule has 0 atom stereocenters. The van der Waals surface area contributed by atoms with Crippen LogP contribution in [0, 0.1) is 5.82 Å². The van der Waals surface area contributed by atoms with Gasteiger partial charge in [-0.2, -0.15) is 0 Å². The van der Waals surface area contributed by atoms with E-state index in [-0.39, 0.29) is 5.82 Å². The van der Waals surface area contributed by atoms with Crippen LogP contribution in [-0.2, 0) is 0 Å². The molecular weight excluding hydrogens is 347 g/mol. The molecule has 4 N–H and O–H groups in total. The molecule has 0 aliphatic heterocycles. The first-order valence-electron chi connectivity index (χ1n) is 8.14. The van der Waals surface area contributed by atoms with Gasteiger partial charge in [0, 0.05) is 23.1 Å². The van der Waals surface area contributed by atoms with Gasteiger partial charge in [-0.25, -0.2) is 13.7 Å². The molecule has 0 aliphatic carbocycles. The van der Waals surface area contributed by atoms with Gasteiger partial charge in [-0.1, -0.05) is 23.4 Å². The predicted molar refractivity (Wildman–Crippen MR) is 102 cm³/mol. The SMILES string of the molecule is Nc1nnn2cccc(-c3ccc(NC(=O)Nc4ccc(F)cc4)cc3)c12. The summed E-state index contributed by atoms with van der Waals surface area (Å²) >= 11 is 0. The molecule has 0 unspecified atom stereocenters. The van der Waals surface area contributed by atoms with Crippen molar-refractivity contribution in [1.29, 1.82) is 0 Å². The summed E-state index contributed by atoms with van der Waals surface area (Å²) in [5.41, 5.74) is 9.56. The van der Waals surface area contributed by atoms with Crippen LogP contribution in [0.2, 0.25) is 0 Å². The number of nitrogens with one attached hydrogen (secondary N) is 2. The lowest BCUT2D eigenvalue weighted by molar-refractivity contribution is 0.262. The molecule has 0 aliphatic rings. The Morgan fingerprint density at radius 3 is 2.26 bits per heavy atom. The van der Waals surface area contributed by atoms with Crippen molar-refractivity contribution in [3.63, 3.8) is 0 Å². The van der Waals surface area contributed by atoms with Crippen molar-refractivity contribution in [3.05, 3.63) is 72.7 Å². The molecule has 4 aromatic rings. The second kappa shape index (κ2) is 6.75. The number of nitrogen functional groups attached to an aromatic ring is 1. The van der Waals surface area contributed by atoms with Gasteiger partial charge in [0.05, 0.1) is 0 Å². The Morgan fingerprint density at radius 2 is 1.59 bits per heavy atom. The largest absolute Gasteiger partial charge is 0.380 e. The normalized spacial score (nSPS) is 10.7. The Bertz CT molecular complexity index is 1110. The lowest BCUT2D eigenvalue weighted by Gasteiger charge is -2.09. The summed E-state index contributed by atoms with van der Waals surface area (Å²) in [5, 5.41) is 13.2. The number of fused-ring (bicyclic) bond motifs is 1. The van der Waals surface area contributed by atoms with E-state index >= 15 is 0 Å². The third kappa shape index (κ3) is 3.40. The number of carbonyl (C=O) groups excluding carboxylic acids is 1. The number of hydrogen-bond donors (Lipinski definition) is 3. The first-order chi connectivity index (χ1) is 13.1. The number of benzene rings is 2. The standard InChI is InChI=1S/C19H15FN6O/c20-13-5-9-15(10-6-13)23-19(27)22-14-7-3-12(4-8-14)16-2-1-11-26-17(16)18(21)24-25-26/h1-11H,21H2,(H2,22,23,27). The number of hydrogen-bond acceptors (Lipinski definition) is 4. The monoisotopic (exact) mass is 362 g/mol. The van der Waals surface area contributed by atoms with Crippen LogP contribution in [-0.4, -0.2) is 20.9 Å². The van der Waals surface area contributed by atoms with E-state index in [0.717, 1.165) is 16.6 Å². The molecule has 0 bridgehead atoms. The van der Waals surface area contributed by atoms with Gasteiger partial charge in [-0.3, -0.25) is 0 Å². The Hall–Kier alpha value is -3.94. The van der Waals surface area contributed by atoms with E-state index in [9.17, 15) is 9.18 Å². The van der Waals surface area contributed by atoms with Crippen molar-refractivity contribution < 1.29 is 9.18 Å². The summed E-state index contributed by atoms with van der Waals surface area (Å²) in [6.45, 7) is 0. The van der Waals surface area contributed by atoms with Crippen molar-refractivity contribution >= 4 is 28.7 Å². The molecule has 0 saturated carbocycles. The molecule has 27 heavy (non-hydrogen) atoms. The number of anilines is 3. The number of rotatable bonds is 3. The summed E-state index contributed by atoms with van der Waals surface area (Å²) in [4.78, 5) is 12.1. The average Bonchev–Trinajstić information content (AvgIpc) is 3.06. The molecule has 0 saturated heterocycles. The molecule has 0 radical (unpaired) electrons. The average molecular weight is 362 g/mol. The van der Waals surface area contributed by atoms with Gasteiger partial charge in [-0.05, 0) is 48.0 Å². The van der Waals surface area contributed by atoms with Crippen LogP contribution in [0.15, 0.2) is 66.9 Å². The highest BCUT2D eigenvalue weighted by molar-refractivity contribution is 6.00. The van der Waals surface area contributed by atoms with Crippen LogP contribution in [0.4, 0.5) is 26.4 Å². The summed E-state index contributed by atoms with van der Waals surface area (Å²) in [6, 6.07) is 16.2. The van der Waals surface area contributed by atoms with Gasteiger partial charge in [0.25, 0.3) is 0 Å². The maximum atomic E-state index is 12.9. The Labute approximate surface area is 153 Å². The van der Waals surface area contributed by atoms with Gasteiger partial charge in [0.2, 0.25) is 0 Å². The number of nitrogens with two attached hydrogens (primary N) is 1. The lowest BCUT2D eigenvalue weighted by Crippen LogP contribution is -2.19. The first kappa shape index (κ1) is 16.5. The van der Waals surface area contributed by atoms with Crippen molar-refractivity contribution in [2.75, 3.05) is 16.4 Å². The fourth-order valence-corrected chi connectivity index (χ4v) is 2.76. The van der Waals surface area contributed by atoms with E-state index < -0.39 is 6.03 Å². The highest BCUT2D eigenvalue weighted by atomic mass is 19.1. The van der Waals surface area contributed by atoms with E-state index in [0.29, 0.717) is 17.2 Å². The van der Waals surface area contributed by atoms with Crippen molar-refractivity contribution in [3.8, 4) is 11.1 Å². The fourth-order valence-electron chi connectivity index (χ4n) is 2.76. The third-order valence-electron chi connectivity index (χ3n) is 4.02. The first-order valence-corrected chi connectivity index (χ1v) is 8.14. The van der Waals surface area contributed by atoms with Gasteiger partial charge < -0.3 is 16.4 Å². The molecule has 4 rings (SSSR count). The van der Waals surface area contributed by atoms with Gasteiger partial charge in [-0.15, -0.1) is 5.10 Å². The second-order valence-corrected chi connectivity index (χ2v) is 5.85. The fraction of sp³-hybridized carbons (Fsp3) is 0. The predicted octanol–water partition coefficient (Wildman–Crippen LogP) is 3.76. The van der Waals surface area contributed by atoms with Crippen molar-refractivity contribution in [2.45, 2.75) is 0 Å². The zero-order valence-corrected chi connectivity index (χ0v) is 14.1. The summed E-state index contributed by atoms with van der Waals surface area (Å²) in [5.74, 6) is -0.00735. The maximum absolute atomic E-state index is 12.9. The lowest BCUT2D eigenvalue weighted by atomic mass is 10.1. The number of urea groups is 1. The Morgan fingerprint density at radius 1 is 0.963 bits per heavy atom. The zero-order valence-electron chi connectivity index (χ0n) is 14.1. The van der Waals surface area contributed by atoms with Crippen LogP contribution in [0.25, 0.3) is 16.6 Å². The molecule has 134 valence electrons. The molecule has 2 aromatic carbocycles. The van der Waals surface area contributed by atoms with Gasteiger partial charge in [0.1, 0.15) is 11.3 Å². The number of nitrogens with zero attached hydrogens (tertiary/aromatic N) is 3. The minimum Gasteiger partial charge on any atom is -0.380 e. The van der Waals surface area contributed by atoms with E-state index in [1.807, 2.05) is 24.3 Å². The molecule has 0 spiro atoms. The van der Waals surface area contributed by atoms with Crippen LogP contribution in [0.1, 0.15) is 0 Å². The van der Waals surface area contributed by atoms with Crippen molar-refractivity contribution in [2.24, 2.45) is 0 Å². The van der Waals surface area contributed by atoms with E-state index in [2.05, 4.69) is 20.9 Å². The van der Waals surface area contributed by atoms with Gasteiger partial charge in [0.15, 0.2) is 5.82 Å². The molecule has 2 aromatic heterocycles. The van der Waals surface area contributed by atoms with Crippen LogP contribution in [0.5, 0.6) is 0 Å². The number of halogens is 1. The number of aromatic nitrogens is 3. The van der Waals surface area contributed by atoms with Crippen molar-refractivity contribution in [1.82, 2.24) is 14.8 Å². The minimum absolute atomic E-state index is 0.353. The summed E-state index contributed by atoms with van der Waals surface area (Å²) in [6.07, 6.45) is 1.78. The molecule has 8 heteroatoms. The quantitative estimate of drug-likeness (QED) is 0.517. The third-order valence-corrected chi connectivity index (χ3v) is 4.02. The maximum Gasteiger partial charge on any atom is 0.323 e. The number of pyridine rings is 1. The zero-order chi connectivity index (χ0) is 18.8. The Kier molecular flexibility index (Phi) is 4.13. The highest BCUT2D eigenvalue weighted by Gasteiger charge is 2.10. The van der Waals surface area contributed by atoms with Crippen LogP contribution < -0.4 is 16.4 Å². The molecule has 2 heterocycles. The van der Waals surface area contributed by atoms with Gasteiger partial charge >= 0.3 is 6.03 Å². The van der Waals surface area contributed by atoms with E-state index in [1.54, 1.807) is 22.8 Å². The number of amides is 2.